The van der Waals surface area contributed by atoms with Gasteiger partial charge in [0, 0.05) is 23.6 Å². The van der Waals surface area contributed by atoms with Gasteiger partial charge in [-0.2, -0.15) is 5.10 Å². The summed E-state index contributed by atoms with van der Waals surface area (Å²) in [4.78, 5) is 17.6. The Morgan fingerprint density at radius 2 is 1.82 bits per heavy atom. The molecule has 3 heterocycles. The second kappa shape index (κ2) is 10.3. The molecule has 3 N–H and O–H groups in total. The maximum Gasteiger partial charge on any atom is 0.290 e. The van der Waals surface area contributed by atoms with Crippen LogP contribution < -0.4 is 5.73 Å². The molecule has 0 bridgehead atoms. The first-order valence-corrected chi connectivity index (χ1v) is 11.0. The molecule has 0 unspecified atom stereocenters. The first-order valence-electron chi connectivity index (χ1n) is 10.6. The van der Waals surface area contributed by atoms with E-state index in [-0.39, 0.29) is 6.47 Å². The van der Waals surface area contributed by atoms with Gasteiger partial charge in [-0.15, -0.1) is 0 Å². The Bertz CT molecular complexity index is 1430. The third kappa shape index (κ3) is 4.68. The largest absolute Gasteiger partial charge is 0.483 e. The SMILES string of the molecule is Cc1ccn(-c2ccc(-c3nc4ccncc4n3-c3ccc(CCN)cc3)c(Cl)c2)n1.O=CO. The Morgan fingerprint density at radius 3 is 2.47 bits per heavy atom. The zero-order chi connectivity index (χ0) is 24.1. The van der Waals surface area contributed by atoms with Crippen molar-refractivity contribution in [2.45, 2.75) is 13.3 Å². The summed E-state index contributed by atoms with van der Waals surface area (Å²) in [6.07, 6.45) is 6.34. The predicted molar refractivity (Wildman–Crippen MR) is 133 cm³/mol. The molecule has 0 aliphatic carbocycles. The molecule has 0 aliphatic rings. The smallest absolute Gasteiger partial charge is 0.290 e. The summed E-state index contributed by atoms with van der Waals surface area (Å²) < 4.78 is 3.90. The van der Waals surface area contributed by atoms with Gasteiger partial charge in [-0.25, -0.2) is 9.67 Å². The van der Waals surface area contributed by atoms with E-state index in [4.69, 9.17) is 32.2 Å². The van der Waals surface area contributed by atoms with Gasteiger partial charge >= 0.3 is 0 Å². The molecule has 0 amide bonds. The topological polar surface area (TPSA) is 112 Å². The van der Waals surface area contributed by atoms with E-state index in [1.165, 1.54) is 5.56 Å². The average molecular weight is 475 g/mol. The summed E-state index contributed by atoms with van der Waals surface area (Å²) in [7, 11) is 0. The van der Waals surface area contributed by atoms with Gasteiger partial charge in [0.05, 0.1) is 33.6 Å². The van der Waals surface area contributed by atoms with Gasteiger partial charge in [-0.05, 0) is 67.9 Å². The average Bonchev–Trinajstić information content (AvgIpc) is 3.44. The number of nitrogens with two attached hydrogens (primary N) is 1. The van der Waals surface area contributed by atoms with Crippen molar-refractivity contribution in [1.82, 2.24) is 24.3 Å². The molecule has 5 aromatic rings. The number of hydrogen-bond donors (Lipinski definition) is 2. The van der Waals surface area contributed by atoms with Crippen LogP contribution >= 0.6 is 11.6 Å². The fourth-order valence-corrected chi connectivity index (χ4v) is 3.99. The van der Waals surface area contributed by atoms with Crippen LogP contribution in [0.4, 0.5) is 0 Å². The van der Waals surface area contributed by atoms with Crippen molar-refractivity contribution in [2.75, 3.05) is 6.54 Å². The minimum absolute atomic E-state index is 0.250. The summed E-state index contributed by atoms with van der Waals surface area (Å²) in [5.41, 5.74) is 12.4. The van der Waals surface area contributed by atoms with E-state index in [1.807, 2.05) is 54.3 Å². The van der Waals surface area contributed by atoms with E-state index < -0.39 is 0 Å². The molecule has 5 rings (SSSR count). The van der Waals surface area contributed by atoms with Crippen LogP contribution in [0.15, 0.2) is 73.2 Å². The first kappa shape index (κ1) is 23.2. The van der Waals surface area contributed by atoms with Crippen molar-refractivity contribution >= 4 is 29.1 Å². The first-order chi connectivity index (χ1) is 16.5. The van der Waals surface area contributed by atoms with Crippen molar-refractivity contribution < 1.29 is 9.90 Å². The number of nitrogens with zero attached hydrogens (tertiary/aromatic N) is 5. The molecule has 0 aliphatic heterocycles. The maximum absolute atomic E-state index is 8.36. The number of benzene rings is 2. The monoisotopic (exact) mass is 474 g/mol. The van der Waals surface area contributed by atoms with Crippen LogP contribution in [0.1, 0.15) is 11.3 Å². The lowest BCUT2D eigenvalue weighted by molar-refractivity contribution is -0.122. The van der Waals surface area contributed by atoms with Crippen molar-refractivity contribution in [3.63, 3.8) is 0 Å². The van der Waals surface area contributed by atoms with Gasteiger partial charge in [0.1, 0.15) is 5.82 Å². The van der Waals surface area contributed by atoms with Crippen molar-refractivity contribution in [3.05, 3.63) is 89.5 Å². The number of halogens is 1. The molecule has 0 atom stereocenters. The standard InChI is InChI=1S/C24H21ClN6.CH2O2/c1-16-10-13-30(29-16)19-6-7-20(21(25)14-19)24-28-22-9-12-27-15-23(22)31(24)18-4-2-17(3-5-18)8-11-26;2-1-3/h2-7,9-10,12-15H,8,11,26H2,1H3;1H,(H,2,3). The molecule has 0 saturated carbocycles. The normalized spacial score (nSPS) is 10.7. The van der Waals surface area contributed by atoms with E-state index in [2.05, 4.69) is 38.9 Å². The quantitative estimate of drug-likeness (QED) is 0.364. The summed E-state index contributed by atoms with van der Waals surface area (Å²) in [6, 6.07) is 18.1. The highest BCUT2D eigenvalue weighted by atomic mass is 35.5. The van der Waals surface area contributed by atoms with Crippen molar-refractivity contribution in [3.8, 4) is 22.8 Å². The fourth-order valence-electron chi connectivity index (χ4n) is 3.73. The van der Waals surface area contributed by atoms with Gasteiger partial charge < -0.3 is 10.8 Å². The van der Waals surface area contributed by atoms with E-state index in [0.717, 1.165) is 45.9 Å². The van der Waals surface area contributed by atoms with Gasteiger partial charge in [-0.1, -0.05) is 23.7 Å². The zero-order valence-corrected chi connectivity index (χ0v) is 19.2. The minimum Gasteiger partial charge on any atom is -0.483 e. The molecule has 0 fully saturated rings. The van der Waals surface area contributed by atoms with Gasteiger partial charge in [0.25, 0.3) is 6.47 Å². The molecule has 0 radical (unpaired) electrons. The van der Waals surface area contributed by atoms with E-state index in [0.29, 0.717) is 11.6 Å². The van der Waals surface area contributed by atoms with Crippen molar-refractivity contribution in [1.29, 1.82) is 0 Å². The van der Waals surface area contributed by atoms with Crippen LogP contribution in [0.2, 0.25) is 5.02 Å². The highest BCUT2D eigenvalue weighted by molar-refractivity contribution is 6.33. The number of aryl methyl sites for hydroxylation is 1. The van der Waals surface area contributed by atoms with Crippen LogP contribution in [0.3, 0.4) is 0 Å². The fraction of sp³-hybridized carbons (Fsp3) is 0.120. The second-order valence-corrected chi connectivity index (χ2v) is 7.92. The van der Waals surface area contributed by atoms with Gasteiger partial charge in [0.2, 0.25) is 0 Å². The van der Waals surface area contributed by atoms with Crippen molar-refractivity contribution in [2.24, 2.45) is 5.73 Å². The Kier molecular flexibility index (Phi) is 7.01. The number of carbonyl (C=O) groups is 1. The second-order valence-electron chi connectivity index (χ2n) is 7.51. The number of pyridine rings is 1. The number of carboxylic acid groups (broad SMARTS) is 1. The number of aromatic nitrogens is 5. The van der Waals surface area contributed by atoms with E-state index in [1.54, 1.807) is 6.20 Å². The zero-order valence-electron chi connectivity index (χ0n) is 18.5. The predicted octanol–water partition coefficient (Wildman–Crippen LogP) is 4.44. The number of imidazole rings is 1. The third-order valence-corrected chi connectivity index (χ3v) is 5.58. The summed E-state index contributed by atoms with van der Waals surface area (Å²) in [5.74, 6) is 0.766. The molecule has 8 nitrogen and oxygen atoms in total. The van der Waals surface area contributed by atoms with Crippen LogP contribution in [0, 0.1) is 6.92 Å². The van der Waals surface area contributed by atoms with Crippen LogP contribution in [0.25, 0.3) is 33.8 Å². The molecule has 34 heavy (non-hydrogen) atoms. The molecular weight excluding hydrogens is 452 g/mol. The Balaban J connectivity index is 0.000000868. The maximum atomic E-state index is 8.36. The summed E-state index contributed by atoms with van der Waals surface area (Å²) in [6.45, 7) is 2.34. The minimum atomic E-state index is -0.250. The molecule has 172 valence electrons. The molecular formula is C25H23ClN6O2. The highest BCUT2D eigenvalue weighted by Gasteiger charge is 2.17. The Morgan fingerprint density at radius 1 is 1.09 bits per heavy atom. The van der Waals surface area contributed by atoms with Gasteiger partial charge in [0.15, 0.2) is 0 Å². The molecule has 0 saturated heterocycles. The number of hydrogen-bond acceptors (Lipinski definition) is 5. The lowest BCUT2D eigenvalue weighted by atomic mass is 10.1. The van der Waals surface area contributed by atoms with Crippen LogP contribution in [0.5, 0.6) is 0 Å². The summed E-state index contributed by atoms with van der Waals surface area (Å²) in [5, 5.41) is 12.0. The molecule has 2 aromatic carbocycles. The van der Waals surface area contributed by atoms with Crippen LogP contribution in [-0.2, 0) is 11.2 Å². The highest BCUT2D eigenvalue weighted by Crippen LogP contribution is 2.33. The summed E-state index contributed by atoms with van der Waals surface area (Å²) >= 11 is 6.75. The van der Waals surface area contributed by atoms with Gasteiger partial charge in [-0.3, -0.25) is 14.3 Å². The van der Waals surface area contributed by atoms with E-state index >= 15 is 0 Å². The Labute approximate surface area is 201 Å². The lowest BCUT2D eigenvalue weighted by Gasteiger charge is -2.12. The molecule has 0 spiro atoms. The van der Waals surface area contributed by atoms with Crippen LogP contribution in [-0.4, -0.2) is 42.4 Å². The Hall–Kier alpha value is -4.01. The number of fused-ring (bicyclic) bond motifs is 1. The molecule has 9 heteroatoms. The van der Waals surface area contributed by atoms with E-state index in [9.17, 15) is 0 Å². The number of rotatable bonds is 5. The third-order valence-electron chi connectivity index (χ3n) is 5.26. The lowest BCUT2D eigenvalue weighted by Crippen LogP contribution is -2.03. The molecule has 3 aromatic heterocycles.